The fraction of sp³-hybridized carbons (Fsp3) is 0.529. The van der Waals surface area contributed by atoms with Crippen molar-refractivity contribution in [3.05, 3.63) is 36.5 Å². The Kier molecular flexibility index (Phi) is 5.99. The molecule has 3 nitrogen and oxygen atoms in total. The molecule has 0 spiro atoms. The van der Waals surface area contributed by atoms with Gasteiger partial charge in [-0.3, -0.25) is 0 Å². The van der Waals surface area contributed by atoms with E-state index >= 15 is 0 Å². The number of unbranched alkanes of at least 4 members (excludes halogenated alkanes) is 2. The molecule has 0 saturated carbocycles. The van der Waals surface area contributed by atoms with Crippen LogP contribution in [0.1, 0.15) is 27.6 Å². The zero-order chi connectivity index (χ0) is 14.9. The molecule has 20 heavy (non-hydrogen) atoms. The molecule has 1 unspecified atom stereocenters. The van der Waals surface area contributed by atoms with Gasteiger partial charge in [-0.15, -0.1) is 0 Å². The minimum absolute atomic E-state index is 0.00407. The Hall–Kier alpha value is -1.32. The summed E-state index contributed by atoms with van der Waals surface area (Å²) >= 11 is 0. The fourth-order valence-electron chi connectivity index (χ4n) is 2.37. The average molecular weight is 274 g/mol. The van der Waals surface area contributed by atoms with E-state index in [-0.39, 0.29) is 6.52 Å². The Bertz CT molecular complexity index is 481. The predicted molar refractivity (Wildman–Crippen MR) is 87.1 cm³/mol. The normalized spacial score (nSPS) is 20.2. The van der Waals surface area contributed by atoms with Gasteiger partial charge in [-0.05, 0) is 30.5 Å². The van der Waals surface area contributed by atoms with E-state index in [2.05, 4.69) is 40.3 Å². The van der Waals surface area contributed by atoms with Gasteiger partial charge in [-0.1, -0.05) is 38.0 Å². The molecule has 2 heterocycles. The summed E-state index contributed by atoms with van der Waals surface area (Å²) < 4.78 is 7.73. The molecule has 2 N–H and O–H groups in total. The molecule has 3 rings (SSSR count). The zero-order valence-electron chi connectivity index (χ0n) is 13.4. The van der Waals surface area contributed by atoms with Crippen molar-refractivity contribution in [2.24, 2.45) is 0 Å². The highest BCUT2D eigenvalue weighted by molar-refractivity contribution is 5.78. The lowest BCUT2D eigenvalue weighted by atomic mass is 10.2. The van der Waals surface area contributed by atoms with Crippen LogP contribution >= 0.6 is 0 Å². The van der Waals surface area contributed by atoms with Crippen molar-refractivity contribution in [1.29, 1.82) is 0 Å². The first-order chi connectivity index (χ1) is 10.3. The number of hydrogen-bond acceptors (Lipinski definition) is 2. The molecule has 0 bridgehead atoms. The van der Waals surface area contributed by atoms with Crippen LogP contribution in [-0.4, -0.2) is 42.6 Å². The Balaban J connectivity index is 0.000000159. The Morgan fingerprint density at radius 3 is 2.90 bits per heavy atom. The second-order valence-electron chi connectivity index (χ2n) is 5.19. The maximum absolute atomic E-state index is 7.73. The van der Waals surface area contributed by atoms with Gasteiger partial charge in [-0.2, -0.15) is 0 Å². The standard InChI is InChI=1S/C9H20N2.C8H7N/c1-2-3-4-7-11-8-5-10-6-9-11;1-2-4-8-7(3-1)5-6-9-8/h10H,2-9H2,1H3;1-6,9H/i8D;. The molecule has 0 aliphatic carbocycles. The van der Waals surface area contributed by atoms with E-state index in [1.807, 2.05) is 18.3 Å². The summed E-state index contributed by atoms with van der Waals surface area (Å²) in [6.07, 6.45) is 5.78. The van der Waals surface area contributed by atoms with Gasteiger partial charge in [0.25, 0.3) is 0 Å². The van der Waals surface area contributed by atoms with Gasteiger partial charge in [0, 0.05) is 39.2 Å². The monoisotopic (exact) mass is 274 g/mol. The highest BCUT2D eigenvalue weighted by Gasteiger charge is 2.07. The molecule has 1 aliphatic heterocycles. The molecule has 0 amide bonds. The molecular formula is C17H27N3. The van der Waals surface area contributed by atoms with E-state index in [9.17, 15) is 0 Å². The van der Waals surface area contributed by atoms with Crippen molar-refractivity contribution in [2.75, 3.05) is 32.7 Å². The third-order valence-electron chi connectivity index (χ3n) is 3.58. The van der Waals surface area contributed by atoms with Crippen molar-refractivity contribution < 1.29 is 1.37 Å². The summed E-state index contributed by atoms with van der Waals surface area (Å²) in [6, 6.07) is 10.3. The first kappa shape index (κ1) is 13.7. The lowest BCUT2D eigenvalue weighted by Crippen LogP contribution is -2.43. The van der Waals surface area contributed by atoms with Crippen molar-refractivity contribution >= 4 is 10.9 Å². The van der Waals surface area contributed by atoms with Crippen molar-refractivity contribution in [3.8, 4) is 0 Å². The summed E-state index contributed by atoms with van der Waals surface area (Å²) in [5.41, 5.74) is 1.21. The molecular weight excluding hydrogens is 246 g/mol. The van der Waals surface area contributed by atoms with Crippen molar-refractivity contribution in [2.45, 2.75) is 26.2 Å². The second-order valence-corrected chi connectivity index (χ2v) is 5.19. The van der Waals surface area contributed by atoms with Crippen LogP contribution in [0, 0.1) is 0 Å². The van der Waals surface area contributed by atoms with Crippen LogP contribution in [0.5, 0.6) is 0 Å². The highest BCUT2D eigenvalue weighted by Crippen LogP contribution is 2.09. The average Bonchev–Trinajstić information content (AvgIpc) is 2.99. The quantitative estimate of drug-likeness (QED) is 0.839. The maximum Gasteiger partial charge on any atom is 0.0453 e. The van der Waals surface area contributed by atoms with Crippen LogP contribution in [0.2, 0.25) is 0 Å². The molecule has 2 aromatic rings. The Labute approximate surface area is 123 Å². The molecule has 1 aliphatic rings. The summed E-state index contributed by atoms with van der Waals surface area (Å²) in [7, 11) is 0. The number of rotatable bonds is 4. The van der Waals surface area contributed by atoms with E-state index in [4.69, 9.17) is 1.37 Å². The van der Waals surface area contributed by atoms with Gasteiger partial charge in [0.2, 0.25) is 0 Å². The lowest BCUT2D eigenvalue weighted by molar-refractivity contribution is 0.236. The maximum atomic E-state index is 7.73. The first-order valence-electron chi connectivity index (χ1n) is 8.28. The first-order valence-corrected chi connectivity index (χ1v) is 7.70. The predicted octanol–water partition coefficient (Wildman–Crippen LogP) is 3.25. The van der Waals surface area contributed by atoms with Crippen molar-refractivity contribution in [3.63, 3.8) is 0 Å². The molecule has 1 aromatic heterocycles. The number of piperazine rings is 1. The Morgan fingerprint density at radius 2 is 2.10 bits per heavy atom. The number of H-pyrrole nitrogens is 1. The number of aromatic amines is 1. The molecule has 1 atom stereocenters. The highest BCUT2D eigenvalue weighted by atomic mass is 15.2. The SMILES string of the molecule is [2H]C1CNCCN1CCCCC.c1ccc2[nH]ccc2c1. The number of nitrogens with zero attached hydrogens (tertiary/aromatic N) is 1. The van der Waals surface area contributed by atoms with Gasteiger partial charge in [0.15, 0.2) is 0 Å². The minimum atomic E-state index is -0.00407. The van der Waals surface area contributed by atoms with Gasteiger partial charge in [-0.25, -0.2) is 0 Å². The zero-order valence-corrected chi connectivity index (χ0v) is 12.4. The third-order valence-corrected chi connectivity index (χ3v) is 3.58. The molecule has 110 valence electrons. The largest absolute Gasteiger partial charge is 0.361 e. The van der Waals surface area contributed by atoms with Gasteiger partial charge in [0.1, 0.15) is 0 Å². The van der Waals surface area contributed by atoms with Crippen LogP contribution in [0.3, 0.4) is 0 Å². The topological polar surface area (TPSA) is 31.1 Å². The van der Waals surface area contributed by atoms with Crippen LogP contribution in [0.15, 0.2) is 36.5 Å². The van der Waals surface area contributed by atoms with Crippen LogP contribution in [0.25, 0.3) is 10.9 Å². The minimum Gasteiger partial charge on any atom is -0.361 e. The smallest absolute Gasteiger partial charge is 0.0453 e. The number of fused-ring (bicyclic) bond motifs is 1. The van der Waals surface area contributed by atoms with E-state index < -0.39 is 0 Å². The van der Waals surface area contributed by atoms with Crippen LogP contribution in [-0.2, 0) is 0 Å². The molecule has 1 fully saturated rings. The summed E-state index contributed by atoms with van der Waals surface area (Å²) in [4.78, 5) is 5.39. The van der Waals surface area contributed by atoms with Gasteiger partial charge >= 0.3 is 0 Å². The van der Waals surface area contributed by atoms with E-state index in [0.29, 0.717) is 0 Å². The number of hydrogen-bond donors (Lipinski definition) is 2. The van der Waals surface area contributed by atoms with Crippen LogP contribution < -0.4 is 5.32 Å². The molecule has 1 saturated heterocycles. The number of nitrogens with one attached hydrogen (secondary N) is 2. The summed E-state index contributed by atoms with van der Waals surface area (Å²) in [6.45, 7) is 6.28. The van der Waals surface area contributed by atoms with E-state index in [0.717, 1.165) is 26.2 Å². The van der Waals surface area contributed by atoms with Crippen LogP contribution in [0.4, 0.5) is 0 Å². The number of aromatic nitrogens is 1. The molecule has 3 heteroatoms. The third kappa shape index (κ3) is 4.99. The summed E-state index contributed by atoms with van der Waals surface area (Å²) in [5, 5.41) is 4.50. The Morgan fingerprint density at radius 1 is 1.20 bits per heavy atom. The lowest BCUT2D eigenvalue weighted by Gasteiger charge is -2.26. The molecule has 1 aromatic carbocycles. The van der Waals surface area contributed by atoms with Gasteiger partial charge < -0.3 is 15.2 Å². The van der Waals surface area contributed by atoms with E-state index in [1.54, 1.807) is 0 Å². The summed E-state index contributed by atoms with van der Waals surface area (Å²) in [5.74, 6) is 0. The fourth-order valence-corrected chi connectivity index (χ4v) is 2.37. The second kappa shape index (κ2) is 8.77. The number of benzene rings is 1. The van der Waals surface area contributed by atoms with Crippen molar-refractivity contribution in [1.82, 2.24) is 15.2 Å². The van der Waals surface area contributed by atoms with Gasteiger partial charge in [0.05, 0.1) is 0 Å². The molecule has 0 radical (unpaired) electrons. The number of para-hydroxylation sites is 1. The van der Waals surface area contributed by atoms with E-state index in [1.165, 1.54) is 30.2 Å².